The molecule has 0 spiro atoms. The Bertz CT molecular complexity index is 1140. The molecule has 0 amide bonds. The molecule has 9 nitrogen and oxygen atoms in total. The fraction of sp³-hybridized carbons (Fsp3) is 0.455. The van der Waals surface area contributed by atoms with Gasteiger partial charge in [-0.05, 0) is 38.1 Å². The van der Waals surface area contributed by atoms with E-state index in [1.807, 2.05) is 11.5 Å². The zero-order chi connectivity index (χ0) is 24.2. The van der Waals surface area contributed by atoms with E-state index in [9.17, 15) is 22.4 Å². The summed E-state index contributed by atoms with van der Waals surface area (Å²) in [5, 5.41) is 0. The summed E-state index contributed by atoms with van der Waals surface area (Å²) < 4.78 is 58.3. The van der Waals surface area contributed by atoms with Gasteiger partial charge in [0.1, 0.15) is 10.7 Å². The van der Waals surface area contributed by atoms with Crippen molar-refractivity contribution in [3.05, 3.63) is 52.6 Å². The number of morpholine rings is 1. The summed E-state index contributed by atoms with van der Waals surface area (Å²) in [6.45, 7) is 4.78. The van der Waals surface area contributed by atoms with E-state index in [0.717, 1.165) is 33.9 Å². The minimum Gasteiger partial charge on any atom is -0.454 e. The summed E-state index contributed by atoms with van der Waals surface area (Å²) >= 11 is 0. The Morgan fingerprint density at radius 3 is 2.52 bits per heavy atom. The highest BCUT2D eigenvalue weighted by molar-refractivity contribution is 7.89. The van der Waals surface area contributed by atoms with Crippen molar-refractivity contribution >= 4 is 21.8 Å². The lowest BCUT2D eigenvalue weighted by molar-refractivity contribution is 0.0474. The molecule has 1 aliphatic rings. The number of carbonyl (C=O) groups is 2. The Balaban J connectivity index is 1.72. The highest BCUT2D eigenvalue weighted by Gasteiger charge is 2.30. The molecule has 0 saturated carbocycles. The van der Waals surface area contributed by atoms with E-state index in [0.29, 0.717) is 18.7 Å². The Morgan fingerprint density at radius 2 is 1.85 bits per heavy atom. The number of aryl methyl sites for hydroxylation is 1. The van der Waals surface area contributed by atoms with Crippen LogP contribution in [0.15, 0.2) is 29.2 Å². The van der Waals surface area contributed by atoms with Crippen molar-refractivity contribution in [1.82, 2.24) is 8.87 Å². The number of ether oxygens (including phenoxy) is 3. The number of rotatable bonds is 9. The van der Waals surface area contributed by atoms with Gasteiger partial charge in [-0.25, -0.2) is 17.6 Å². The highest BCUT2D eigenvalue weighted by Crippen LogP contribution is 2.22. The number of ketones is 1. The summed E-state index contributed by atoms with van der Waals surface area (Å²) in [7, 11) is -2.56. The van der Waals surface area contributed by atoms with Gasteiger partial charge in [-0.15, -0.1) is 0 Å². The van der Waals surface area contributed by atoms with Crippen LogP contribution in [0.5, 0.6) is 0 Å². The van der Waals surface area contributed by atoms with Gasteiger partial charge in [0, 0.05) is 43.7 Å². The van der Waals surface area contributed by atoms with E-state index in [4.69, 9.17) is 14.2 Å². The third kappa shape index (κ3) is 5.49. The Hall–Kier alpha value is -2.60. The van der Waals surface area contributed by atoms with Crippen LogP contribution in [-0.2, 0) is 30.8 Å². The molecule has 0 aliphatic carbocycles. The largest absolute Gasteiger partial charge is 0.454 e. The first-order valence-electron chi connectivity index (χ1n) is 10.4. The summed E-state index contributed by atoms with van der Waals surface area (Å²) in [5.74, 6) is -2.30. The summed E-state index contributed by atoms with van der Waals surface area (Å²) in [4.78, 5) is 24.5. The number of hydrogen-bond donors (Lipinski definition) is 0. The van der Waals surface area contributed by atoms with Crippen LogP contribution in [0.3, 0.4) is 0 Å². The molecule has 2 aromatic rings. The molecule has 0 unspecified atom stereocenters. The lowest BCUT2D eigenvalue weighted by Crippen LogP contribution is -2.41. The maximum atomic E-state index is 14.3. The van der Waals surface area contributed by atoms with Gasteiger partial charge in [0.2, 0.25) is 15.8 Å². The van der Waals surface area contributed by atoms with Crippen LogP contribution >= 0.6 is 0 Å². The molecule has 1 aliphatic heterocycles. The molecule has 1 fully saturated rings. The fourth-order valence-corrected chi connectivity index (χ4v) is 5.15. The van der Waals surface area contributed by atoms with E-state index in [-0.39, 0.29) is 31.9 Å². The second-order valence-electron chi connectivity index (χ2n) is 7.59. The first kappa shape index (κ1) is 25.0. The van der Waals surface area contributed by atoms with Gasteiger partial charge in [0.05, 0.1) is 25.4 Å². The molecule has 1 aromatic carbocycles. The third-order valence-electron chi connectivity index (χ3n) is 5.48. The standard InChI is InChI=1S/C22H27FN2O7S/c1-15-12-18(16(2)25(15)8-9-30-3)20(26)14-32-22(27)17-4-5-19(23)21(13-17)33(28,29)24-6-10-31-11-7-24/h4-5,12-13H,6-11,14H2,1-3H3. The van der Waals surface area contributed by atoms with Gasteiger partial charge in [-0.2, -0.15) is 4.31 Å². The average Bonchev–Trinajstić information content (AvgIpc) is 3.09. The zero-order valence-electron chi connectivity index (χ0n) is 18.8. The van der Waals surface area contributed by atoms with Crippen LogP contribution in [0.4, 0.5) is 4.39 Å². The number of esters is 1. The van der Waals surface area contributed by atoms with Gasteiger partial charge >= 0.3 is 5.97 Å². The molecule has 0 radical (unpaired) electrons. The maximum absolute atomic E-state index is 14.3. The van der Waals surface area contributed by atoms with Crippen molar-refractivity contribution in [3.63, 3.8) is 0 Å². The Morgan fingerprint density at radius 1 is 1.15 bits per heavy atom. The molecular weight excluding hydrogens is 455 g/mol. The lowest BCUT2D eigenvalue weighted by Gasteiger charge is -2.26. The second-order valence-corrected chi connectivity index (χ2v) is 9.50. The number of Topliss-reactive ketones (excluding diaryl/α,β-unsaturated/α-hetero) is 1. The minimum atomic E-state index is -4.15. The predicted octanol–water partition coefficient (Wildman–Crippen LogP) is 1.95. The molecule has 180 valence electrons. The summed E-state index contributed by atoms with van der Waals surface area (Å²) in [6, 6.07) is 4.67. The molecule has 1 saturated heterocycles. The first-order chi connectivity index (χ1) is 15.7. The van der Waals surface area contributed by atoms with E-state index in [1.165, 1.54) is 0 Å². The summed E-state index contributed by atoms with van der Waals surface area (Å²) in [5.41, 5.74) is 1.86. The molecule has 0 atom stereocenters. The number of methoxy groups -OCH3 is 1. The fourth-order valence-electron chi connectivity index (χ4n) is 3.66. The van der Waals surface area contributed by atoms with Crippen LogP contribution in [0.25, 0.3) is 0 Å². The molecular formula is C22H27FN2O7S. The van der Waals surface area contributed by atoms with Crippen LogP contribution < -0.4 is 0 Å². The van der Waals surface area contributed by atoms with Gasteiger partial charge in [0.25, 0.3) is 0 Å². The molecule has 3 rings (SSSR count). The quantitative estimate of drug-likeness (QED) is 0.397. The van der Waals surface area contributed by atoms with E-state index >= 15 is 0 Å². The van der Waals surface area contributed by atoms with Crippen LogP contribution in [0.2, 0.25) is 0 Å². The molecule has 11 heteroatoms. The smallest absolute Gasteiger partial charge is 0.338 e. The van der Waals surface area contributed by atoms with Gasteiger partial charge < -0.3 is 18.8 Å². The number of nitrogens with zero attached hydrogens (tertiary/aromatic N) is 2. The highest BCUT2D eigenvalue weighted by atomic mass is 32.2. The average molecular weight is 483 g/mol. The summed E-state index contributed by atoms with van der Waals surface area (Å²) in [6.07, 6.45) is 0. The zero-order valence-corrected chi connectivity index (χ0v) is 19.6. The Kier molecular flexibility index (Phi) is 8.01. The van der Waals surface area contributed by atoms with Crippen molar-refractivity contribution in [2.75, 3.05) is 46.6 Å². The first-order valence-corrected chi connectivity index (χ1v) is 11.8. The minimum absolute atomic E-state index is 0.0910. The SMILES string of the molecule is COCCn1c(C)cc(C(=O)COC(=O)c2ccc(F)c(S(=O)(=O)N3CCOCC3)c2)c1C. The van der Waals surface area contributed by atoms with Crippen molar-refractivity contribution in [3.8, 4) is 0 Å². The van der Waals surface area contributed by atoms with Gasteiger partial charge in [-0.3, -0.25) is 4.79 Å². The number of hydrogen-bond acceptors (Lipinski definition) is 7. The number of aromatic nitrogens is 1. The number of benzene rings is 1. The van der Waals surface area contributed by atoms with Gasteiger partial charge in [0.15, 0.2) is 6.61 Å². The van der Waals surface area contributed by atoms with E-state index < -0.39 is 39.1 Å². The Labute approximate surface area is 192 Å². The van der Waals surface area contributed by atoms with Gasteiger partial charge in [-0.1, -0.05) is 0 Å². The number of carbonyl (C=O) groups excluding carboxylic acids is 2. The molecule has 1 aromatic heterocycles. The predicted molar refractivity (Wildman–Crippen MR) is 116 cm³/mol. The van der Waals surface area contributed by atoms with Crippen LogP contribution in [0.1, 0.15) is 32.1 Å². The van der Waals surface area contributed by atoms with Crippen molar-refractivity contribution < 1.29 is 36.6 Å². The number of halogens is 1. The number of sulfonamides is 1. The normalized spacial score (nSPS) is 14.9. The monoisotopic (exact) mass is 482 g/mol. The van der Waals surface area contributed by atoms with Crippen molar-refractivity contribution in [2.24, 2.45) is 0 Å². The van der Waals surface area contributed by atoms with Crippen LogP contribution in [-0.4, -0.2) is 75.7 Å². The second kappa shape index (κ2) is 10.6. The van der Waals surface area contributed by atoms with Crippen molar-refractivity contribution in [1.29, 1.82) is 0 Å². The van der Waals surface area contributed by atoms with Crippen LogP contribution in [0, 0.1) is 19.7 Å². The molecule has 2 heterocycles. The molecule has 33 heavy (non-hydrogen) atoms. The molecule has 0 bridgehead atoms. The lowest BCUT2D eigenvalue weighted by atomic mass is 10.1. The third-order valence-corrected chi connectivity index (χ3v) is 7.40. The topological polar surface area (TPSA) is 104 Å². The van der Waals surface area contributed by atoms with E-state index in [1.54, 1.807) is 20.1 Å². The maximum Gasteiger partial charge on any atom is 0.338 e. The molecule has 0 N–H and O–H groups in total. The van der Waals surface area contributed by atoms with Crippen molar-refractivity contribution in [2.45, 2.75) is 25.3 Å². The van der Waals surface area contributed by atoms with E-state index in [2.05, 4.69) is 0 Å².